The molecule has 4 rings (SSSR count). The van der Waals surface area contributed by atoms with Crippen molar-refractivity contribution in [2.75, 3.05) is 38.1 Å². The zero-order valence-corrected chi connectivity index (χ0v) is 20.1. The SMILES string of the molecule is CNS(=O)(=O)c1ccc(C(=O)NCc2ccccc2CN2CCN(c3ccccc3)CC2)cc1. The van der Waals surface area contributed by atoms with Crippen LogP contribution in [0.25, 0.3) is 0 Å². The van der Waals surface area contributed by atoms with Crippen LogP contribution in [-0.4, -0.2) is 52.5 Å². The van der Waals surface area contributed by atoms with Gasteiger partial charge in [0.2, 0.25) is 10.0 Å². The van der Waals surface area contributed by atoms with Crippen molar-refractivity contribution in [1.29, 1.82) is 0 Å². The van der Waals surface area contributed by atoms with E-state index in [1.807, 2.05) is 24.3 Å². The highest BCUT2D eigenvalue weighted by atomic mass is 32.2. The Morgan fingerprint density at radius 2 is 1.44 bits per heavy atom. The number of anilines is 1. The van der Waals surface area contributed by atoms with E-state index in [4.69, 9.17) is 0 Å². The Balaban J connectivity index is 1.33. The number of carbonyl (C=O) groups excluding carboxylic acids is 1. The van der Waals surface area contributed by atoms with Gasteiger partial charge >= 0.3 is 0 Å². The van der Waals surface area contributed by atoms with Crippen LogP contribution in [0.15, 0.2) is 83.8 Å². The molecule has 0 aromatic heterocycles. The molecular formula is C26H30N4O3S. The van der Waals surface area contributed by atoms with Crippen molar-refractivity contribution in [3.63, 3.8) is 0 Å². The normalized spacial score (nSPS) is 14.7. The third kappa shape index (κ3) is 5.83. The van der Waals surface area contributed by atoms with E-state index in [0.29, 0.717) is 12.1 Å². The van der Waals surface area contributed by atoms with E-state index in [1.54, 1.807) is 0 Å². The lowest BCUT2D eigenvalue weighted by molar-refractivity contribution is 0.0950. The molecule has 0 unspecified atom stereocenters. The highest BCUT2D eigenvalue weighted by Crippen LogP contribution is 2.18. The average molecular weight is 479 g/mol. The lowest BCUT2D eigenvalue weighted by Crippen LogP contribution is -2.46. The molecule has 3 aromatic rings. The van der Waals surface area contributed by atoms with Crippen molar-refractivity contribution in [2.45, 2.75) is 18.0 Å². The third-order valence-electron chi connectivity index (χ3n) is 6.14. The van der Waals surface area contributed by atoms with Gasteiger partial charge in [0.1, 0.15) is 0 Å². The van der Waals surface area contributed by atoms with Crippen molar-refractivity contribution in [1.82, 2.24) is 14.9 Å². The van der Waals surface area contributed by atoms with Crippen molar-refractivity contribution >= 4 is 21.6 Å². The third-order valence-corrected chi connectivity index (χ3v) is 7.57. The number of sulfonamides is 1. The number of nitrogens with one attached hydrogen (secondary N) is 2. The molecule has 34 heavy (non-hydrogen) atoms. The van der Waals surface area contributed by atoms with Gasteiger partial charge in [0.25, 0.3) is 5.91 Å². The molecular weight excluding hydrogens is 448 g/mol. The van der Waals surface area contributed by atoms with Crippen LogP contribution in [-0.2, 0) is 23.1 Å². The maximum atomic E-state index is 12.6. The Labute approximate surface area is 201 Å². The molecule has 3 aromatic carbocycles. The summed E-state index contributed by atoms with van der Waals surface area (Å²) in [7, 11) is -2.17. The van der Waals surface area contributed by atoms with Crippen LogP contribution in [0, 0.1) is 0 Å². The molecule has 2 N–H and O–H groups in total. The van der Waals surface area contributed by atoms with Gasteiger partial charge in [-0.1, -0.05) is 42.5 Å². The highest BCUT2D eigenvalue weighted by Gasteiger charge is 2.18. The minimum absolute atomic E-state index is 0.129. The van der Waals surface area contributed by atoms with Crippen molar-refractivity contribution in [2.24, 2.45) is 0 Å². The first-order valence-corrected chi connectivity index (χ1v) is 12.9. The maximum Gasteiger partial charge on any atom is 0.251 e. The fourth-order valence-electron chi connectivity index (χ4n) is 4.11. The molecule has 1 fully saturated rings. The molecule has 0 aliphatic carbocycles. The molecule has 1 aliphatic rings. The van der Waals surface area contributed by atoms with E-state index in [9.17, 15) is 13.2 Å². The Morgan fingerprint density at radius 1 is 0.824 bits per heavy atom. The quantitative estimate of drug-likeness (QED) is 0.520. The molecule has 0 saturated carbocycles. The summed E-state index contributed by atoms with van der Waals surface area (Å²) in [4.78, 5) is 17.6. The number of para-hydroxylation sites is 1. The number of hydrogen-bond acceptors (Lipinski definition) is 5. The monoisotopic (exact) mass is 478 g/mol. The zero-order chi connectivity index (χ0) is 24.0. The number of rotatable bonds is 8. The molecule has 0 atom stereocenters. The highest BCUT2D eigenvalue weighted by molar-refractivity contribution is 7.89. The maximum absolute atomic E-state index is 12.6. The molecule has 1 heterocycles. The summed E-state index contributed by atoms with van der Waals surface area (Å²) in [5.74, 6) is -0.236. The van der Waals surface area contributed by atoms with Crippen LogP contribution in [0.1, 0.15) is 21.5 Å². The largest absolute Gasteiger partial charge is 0.369 e. The lowest BCUT2D eigenvalue weighted by atomic mass is 10.1. The lowest BCUT2D eigenvalue weighted by Gasteiger charge is -2.36. The van der Waals surface area contributed by atoms with Crippen LogP contribution < -0.4 is 14.9 Å². The molecule has 1 aliphatic heterocycles. The van der Waals surface area contributed by atoms with Crippen LogP contribution >= 0.6 is 0 Å². The van der Waals surface area contributed by atoms with Crippen LogP contribution in [0.4, 0.5) is 5.69 Å². The first-order valence-electron chi connectivity index (χ1n) is 11.4. The average Bonchev–Trinajstić information content (AvgIpc) is 2.89. The molecule has 0 bridgehead atoms. The topological polar surface area (TPSA) is 81.7 Å². The fourth-order valence-corrected chi connectivity index (χ4v) is 4.84. The van der Waals surface area contributed by atoms with E-state index in [1.165, 1.54) is 42.6 Å². The number of amides is 1. The zero-order valence-electron chi connectivity index (χ0n) is 19.3. The van der Waals surface area contributed by atoms with Gasteiger partial charge in [0, 0.05) is 50.5 Å². The Hall–Kier alpha value is -3.20. The predicted octanol–water partition coefficient (Wildman–Crippen LogP) is 2.85. The van der Waals surface area contributed by atoms with Gasteiger partial charge < -0.3 is 10.2 Å². The summed E-state index contributed by atoms with van der Waals surface area (Å²) in [6, 6.07) is 24.6. The molecule has 0 spiro atoms. The minimum Gasteiger partial charge on any atom is -0.369 e. The van der Waals surface area contributed by atoms with E-state index in [-0.39, 0.29) is 10.8 Å². The van der Waals surface area contributed by atoms with Gasteiger partial charge in [0.05, 0.1) is 4.90 Å². The van der Waals surface area contributed by atoms with Gasteiger partial charge in [-0.05, 0) is 54.6 Å². The van der Waals surface area contributed by atoms with Crippen LogP contribution in [0.2, 0.25) is 0 Å². The van der Waals surface area contributed by atoms with Crippen LogP contribution in [0.3, 0.4) is 0 Å². The molecule has 7 nitrogen and oxygen atoms in total. The van der Waals surface area contributed by atoms with E-state index in [0.717, 1.165) is 38.3 Å². The van der Waals surface area contributed by atoms with Gasteiger partial charge in [0.15, 0.2) is 0 Å². The molecule has 0 radical (unpaired) electrons. The molecule has 1 amide bonds. The van der Waals surface area contributed by atoms with Crippen molar-refractivity contribution < 1.29 is 13.2 Å². The summed E-state index contributed by atoms with van der Waals surface area (Å²) in [5.41, 5.74) is 3.97. The second-order valence-electron chi connectivity index (χ2n) is 8.28. The molecule has 1 saturated heterocycles. The summed E-state index contributed by atoms with van der Waals surface area (Å²) in [5, 5.41) is 2.96. The predicted molar refractivity (Wildman–Crippen MR) is 134 cm³/mol. The number of carbonyl (C=O) groups is 1. The fraction of sp³-hybridized carbons (Fsp3) is 0.269. The van der Waals surface area contributed by atoms with E-state index >= 15 is 0 Å². The van der Waals surface area contributed by atoms with E-state index < -0.39 is 10.0 Å². The number of nitrogens with zero attached hydrogens (tertiary/aromatic N) is 2. The van der Waals surface area contributed by atoms with Gasteiger partial charge in [-0.25, -0.2) is 13.1 Å². The second kappa shape index (κ2) is 10.8. The molecule has 8 heteroatoms. The Kier molecular flexibility index (Phi) is 7.62. The number of benzene rings is 3. The number of hydrogen-bond donors (Lipinski definition) is 2. The van der Waals surface area contributed by atoms with E-state index in [2.05, 4.69) is 50.2 Å². The summed E-state index contributed by atoms with van der Waals surface area (Å²) < 4.78 is 26.0. The number of piperazine rings is 1. The first kappa shape index (κ1) is 23.9. The van der Waals surface area contributed by atoms with Gasteiger partial charge in [-0.2, -0.15) is 0 Å². The summed E-state index contributed by atoms with van der Waals surface area (Å²) in [6.07, 6.45) is 0. The standard InChI is InChI=1S/C26H30N4O3S/c1-27-34(32,33)25-13-11-21(12-14-25)26(31)28-19-22-7-5-6-8-23(22)20-29-15-17-30(18-16-29)24-9-3-2-4-10-24/h2-14,27H,15-20H2,1H3,(H,28,31). The Bertz CT molecular complexity index is 1210. The summed E-state index contributed by atoms with van der Waals surface area (Å²) >= 11 is 0. The summed E-state index contributed by atoms with van der Waals surface area (Å²) in [6.45, 7) is 5.19. The van der Waals surface area contributed by atoms with Crippen LogP contribution in [0.5, 0.6) is 0 Å². The van der Waals surface area contributed by atoms with Gasteiger partial charge in [-0.15, -0.1) is 0 Å². The van der Waals surface area contributed by atoms with Crippen molar-refractivity contribution in [3.8, 4) is 0 Å². The van der Waals surface area contributed by atoms with Gasteiger partial charge in [-0.3, -0.25) is 9.69 Å². The molecule has 178 valence electrons. The second-order valence-corrected chi connectivity index (χ2v) is 10.2. The smallest absolute Gasteiger partial charge is 0.251 e. The Morgan fingerprint density at radius 3 is 2.09 bits per heavy atom. The first-order chi connectivity index (χ1) is 16.5. The van der Waals surface area contributed by atoms with Crippen molar-refractivity contribution in [3.05, 3.63) is 95.6 Å². The minimum atomic E-state index is -3.52.